The van der Waals surface area contributed by atoms with Gasteiger partial charge < -0.3 is 19.5 Å². The fourth-order valence-electron chi connectivity index (χ4n) is 2.39. The number of alkyl carbamates (subject to hydrolysis) is 1. The van der Waals surface area contributed by atoms with Crippen molar-refractivity contribution in [2.75, 3.05) is 6.61 Å². The van der Waals surface area contributed by atoms with E-state index in [-0.39, 0.29) is 6.61 Å². The first-order chi connectivity index (χ1) is 13.1. The quantitative estimate of drug-likeness (QED) is 0.416. The molecule has 1 N–H and O–H groups in total. The third-order valence-electron chi connectivity index (χ3n) is 3.41. The minimum absolute atomic E-state index is 0.227. The van der Waals surface area contributed by atoms with Crippen LogP contribution >= 0.6 is 0 Å². The van der Waals surface area contributed by atoms with Crippen LogP contribution in [0, 0.1) is 0 Å². The minimum atomic E-state index is -0.880. The van der Waals surface area contributed by atoms with Crippen molar-refractivity contribution in [1.82, 2.24) is 5.32 Å². The molecule has 1 rings (SSSR count). The van der Waals surface area contributed by atoms with Gasteiger partial charge in [-0.3, -0.25) is 4.79 Å². The van der Waals surface area contributed by atoms with Crippen molar-refractivity contribution in [2.45, 2.75) is 58.8 Å². The maximum absolute atomic E-state index is 12.3. The molecular weight excluding hydrogens is 362 g/mol. The summed E-state index contributed by atoms with van der Waals surface area (Å²) in [6.07, 6.45) is 1.44. The second-order valence-corrected chi connectivity index (χ2v) is 7.13. The van der Waals surface area contributed by atoms with Crippen molar-refractivity contribution in [3.63, 3.8) is 0 Å². The number of carbonyl (C=O) groups excluding carboxylic acids is 3. The molecule has 0 aliphatic heterocycles. The van der Waals surface area contributed by atoms with E-state index < -0.39 is 35.8 Å². The van der Waals surface area contributed by atoms with Gasteiger partial charge in [0, 0.05) is 13.0 Å². The van der Waals surface area contributed by atoms with E-state index in [4.69, 9.17) is 14.2 Å². The molecule has 2 atom stereocenters. The van der Waals surface area contributed by atoms with Gasteiger partial charge in [0.25, 0.3) is 0 Å². The Balaban J connectivity index is 3.08. The second kappa shape index (κ2) is 11.1. The normalized spacial score (nSPS) is 13.5. The lowest BCUT2D eigenvalue weighted by atomic mass is 10.0. The summed E-state index contributed by atoms with van der Waals surface area (Å²) in [6, 6.07) is 8.76. The van der Waals surface area contributed by atoms with Gasteiger partial charge in [-0.2, -0.15) is 0 Å². The molecule has 0 heterocycles. The van der Waals surface area contributed by atoms with E-state index in [1.54, 1.807) is 27.7 Å². The number of carbonyl (C=O) groups is 3. The maximum atomic E-state index is 12.3. The van der Waals surface area contributed by atoms with Gasteiger partial charge in [-0.05, 0) is 45.8 Å². The topological polar surface area (TPSA) is 90.9 Å². The fraction of sp³-hybridized carbons (Fsp3) is 0.476. The molecule has 0 unspecified atom stereocenters. The van der Waals surface area contributed by atoms with E-state index in [9.17, 15) is 14.4 Å². The second-order valence-electron chi connectivity index (χ2n) is 7.13. The Labute approximate surface area is 166 Å². The molecule has 7 nitrogen and oxygen atoms in total. The van der Waals surface area contributed by atoms with Crippen molar-refractivity contribution in [3.05, 3.63) is 48.0 Å². The number of rotatable bonds is 8. The van der Waals surface area contributed by atoms with Gasteiger partial charge in [-0.25, -0.2) is 9.59 Å². The monoisotopic (exact) mass is 391 g/mol. The van der Waals surface area contributed by atoms with Crippen molar-refractivity contribution >= 4 is 18.0 Å². The zero-order chi connectivity index (χ0) is 21.2. The predicted octanol–water partition coefficient (Wildman–Crippen LogP) is 3.17. The molecule has 1 amide bonds. The Morgan fingerprint density at radius 3 is 2.32 bits per heavy atom. The average Bonchev–Trinajstić information content (AvgIpc) is 2.57. The highest BCUT2D eigenvalue weighted by atomic mass is 16.6. The fourth-order valence-corrected chi connectivity index (χ4v) is 2.39. The molecule has 154 valence electrons. The number of nitrogens with one attached hydrogen (secondary N) is 1. The summed E-state index contributed by atoms with van der Waals surface area (Å²) in [7, 11) is 0. The van der Waals surface area contributed by atoms with Crippen LogP contribution in [0.1, 0.15) is 40.2 Å². The summed E-state index contributed by atoms with van der Waals surface area (Å²) in [4.78, 5) is 35.5. The number of hydrogen-bond donors (Lipinski definition) is 1. The van der Waals surface area contributed by atoms with E-state index in [2.05, 4.69) is 5.32 Å². The standard InChI is InChI=1S/C21H29NO6/c1-6-26-19(24)13-12-18(27-15(2)23)17(14-16-10-8-7-9-11-16)22-20(25)28-21(3,4)5/h7-13,17-18H,6,14H2,1-5H3,(H,22,25)/b13-12-/t17-,18-/m0/s1. The van der Waals surface area contributed by atoms with E-state index in [1.165, 1.54) is 19.1 Å². The molecule has 0 aliphatic rings. The predicted molar refractivity (Wildman–Crippen MR) is 105 cm³/mol. The molecular formula is C21H29NO6. The summed E-state index contributed by atoms with van der Waals surface area (Å²) in [6.45, 7) is 8.44. The van der Waals surface area contributed by atoms with Gasteiger partial charge in [-0.1, -0.05) is 30.3 Å². The van der Waals surface area contributed by atoms with Gasteiger partial charge in [0.15, 0.2) is 0 Å². The third kappa shape index (κ3) is 9.75. The first kappa shape index (κ1) is 23.2. The van der Waals surface area contributed by atoms with Gasteiger partial charge in [-0.15, -0.1) is 0 Å². The van der Waals surface area contributed by atoms with E-state index in [0.29, 0.717) is 6.42 Å². The zero-order valence-electron chi connectivity index (χ0n) is 17.1. The van der Waals surface area contributed by atoms with Gasteiger partial charge in [0.1, 0.15) is 11.7 Å². The maximum Gasteiger partial charge on any atom is 0.408 e. The van der Waals surface area contributed by atoms with Gasteiger partial charge >= 0.3 is 18.0 Å². The number of benzene rings is 1. The zero-order valence-corrected chi connectivity index (χ0v) is 17.1. The number of amides is 1. The van der Waals surface area contributed by atoms with Crippen molar-refractivity contribution < 1.29 is 28.6 Å². The smallest absolute Gasteiger partial charge is 0.408 e. The summed E-state index contributed by atoms with van der Waals surface area (Å²) in [5, 5.41) is 2.74. The SMILES string of the molecule is CCOC(=O)/C=C\[C@H](OC(C)=O)[C@H](Cc1ccccc1)NC(=O)OC(C)(C)C. The minimum Gasteiger partial charge on any atom is -0.463 e. The van der Waals surface area contributed by atoms with Crippen LogP contribution in [0.25, 0.3) is 0 Å². The Morgan fingerprint density at radius 1 is 1.14 bits per heavy atom. The Kier molecular flexibility index (Phi) is 9.21. The molecule has 0 aliphatic carbocycles. The van der Waals surface area contributed by atoms with Crippen LogP contribution in [0.4, 0.5) is 4.79 Å². The van der Waals surface area contributed by atoms with Crippen LogP contribution in [-0.2, 0) is 30.2 Å². The van der Waals surface area contributed by atoms with E-state index in [0.717, 1.165) is 5.56 Å². The van der Waals surface area contributed by atoms with Crippen LogP contribution in [0.3, 0.4) is 0 Å². The molecule has 0 radical (unpaired) electrons. The van der Waals surface area contributed by atoms with Crippen LogP contribution in [0.5, 0.6) is 0 Å². The molecule has 1 aromatic rings. The first-order valence-corrected chi connectivity index (χ1v) is 9.16. The third-order valence-corrected chi connectivity index (χ3v) is 3.41. The number of ether oxygens (including phenoxy) is 3. The Bertz CT molecular complexity index is 678. The highest BCUT2D eigenvalue weighted by molar-refractivity contribution is 5.82. The van der Waals surface area contributed by atoms with Crippen molar-refractivity contribution in [2.24, 2.45) is 0 Å². The van der Waals surface area contributed by atoms with Crippen LogP contribution in [0.15, 0.2) is 42.5 Å². The largest absolute Gasteiger partial charge is 0.463 e. The molecule has 0 saturated heterocycles. The Morgan fingerprint density at radius 2 is 1.79 bits per heavy atom. The van der Waals surface area contributed by atoms with Crippen LogP contribution in [-0.4, -0.2) is 42.4 Å². The lowest BCUT2D eigenvalue weighted by Crippen LogP contribution is -2.47. The number of esters is 2. The molecule has 7 heteroatoms. The lowest BCUT2D eigenvalue weighted by molar-refractivity contribution is -0.145. The first-order valence-electron chi connectivity index (χ1n) is 9.16. The molecule has 0 bridgehead atoms. The van der Waals surface area contributed by atoms with Crippen LogP contribution < -0.4 is 5.32 Å². The van der Waals surface area contributed by atoms with Crippen LogP contribution in [0.2, 0.25) is 0 Å². The van der Waals surface area contributed by atoms with E-state index >= 15 is 0 Å². The Hall–Kier alpha value is -2.83. The summed E-state index contributed by atoms with van der Waals surface area (Å²) >= 11 is 0. The summed E-state index contributed by atoms with van der Waals surface area (Å²) < 4.78 is 15.5. The lowest BCUT2D eigenvalue weighted by Gasteiger charge is -2.27. The summed E-state index contributed by atoms with van der Waals surface area (Å²) in [5.74, 6) is -1.10. The van der Waals surface area contributed by atoms with Gasteiger partial charge in [0.05, 0.1) is 12.6 Å². The summed E-state index contributed by atoms with van der Waals surface area (Å²) in [5.41, 5.74) is 0.240. The molecule has 0 saturated carbocycles. The highest BCUT2D eigenvalue weighted by Crippen LogP contribution is 2.13. The van der Waals surface area contributed by atoms with E-state index in [1.807, 2.05) is 30.3 Å². The average molecular weight is 391 g/mol. The van der Waals surface area contributed by atoms with Crippen molar-refractivity contribution in [3.8, 4) is 0 Å². The van der Waals surface area contributed by atoms with Gasteiger partial charge in [0.2, 0.25) is 0 Å². The molecule has 0 fully saturated rings. The number of hydrogen-bond acceptors (Lipinski definition) is 6. The molecule has 0 spiro atoms. The molecule has 0 aromatic heterocycles. The van der Waals surface area contributed by atoms with Crippen molar-refractivity contribution in [1.29, 1.82) is 0 Å². The highest BCUT2D eigenvalue weighted by Gasteiger charge is 2.27. The molecule has 1 aromatic carbocycles. The molecule has 28 heavy (non-hydrogen) atoms.